The van der Waals surface area contributed by atoms with Gasteiger partial charge in [0.15, 0.2) is 6.61 Å². The van der Waals surface area contributed by atoms with Crippen molar-refractivity contribution in [2.75, 3.05) is 11.9 Å². The number of nitrogens with zero attached hydrogens (tertiary/aromatic N) is 2. The van der Waals surface area contributed by atoms with Crippen molar-refractivity contribution >= 4 is 61.7 Å². The van der Waals surface area contributed by atoms with E-state index in [9.17, 15) is 9.59 Å². The minimum absolute atomic E-state index is 0.360. The molecule has 2 aromatic heterocycles. The fourth-order valence-corrected chi connectivity index (χ4v) is 3.88. The van der Waals surface area contributed by atoms with Crippen LogP contribution >= 0.6 is 23.1 Å². The van der Waals surface area contributed by atoms with Crippen LogP contribution in [0, 0.1) is 0 Å². The topological polar surface area (TPSA) is 81.2 Å². The quantitative estimate of drug-likeness (QED) is 0.555. The number of hydrogen-bond donors (Lipinski definition) is 1. The highest BCUT2D eigenvalue weighted by Crippen LogP contribution is 2.26. The van der Waals surface area contributed by atoms with Crippen molar-refractivity contribution in [2.24, 2.45) is 0 Å². The van der Waals surface area contributed by atoms with Crippen LogP contribution in [0.4, 0.5) is 5.69 Å². The Kier molecular flexibility index (Phi) is 4.12. The summed E-state index contributed by atoms with van der Waals surface area (Å²) in [5, 5.41) is 3.67. The summed E-state index contributed by atoms with van der Waals surface area (Å²) in [4.78, 5) is 24.7. The molecule has 2 heterocycles. The van der Waals surface area contributed by atoms with Crippen molar-refractivity contribution in [2.45, 2.75) is 0 Å². The second-order valence-electron chi connectivity index (χ2n) is 5.21. The normalized spacial score (nSPS) is 10.9. The van der Waals surface area contributed by atoms with Crippen molar-refractivity contribution in [3.63, 3.8) is 0 Å². The number of carbonyl (C=O) groups excluding carboxylic acids is 2. The molecule has 2 aromatic carbocycles. The largest absolute Gasteiger partial charge is 0.451 e. The van der Waals surface area contributed by atoms with Crippen LogP contribution in [0.25, 0.3) is 21.1 Å². The minimum atomic E-state index is -0.509. The van der Waals surface area contributed by atoms with E-state index in [1.54, 1.807) is 18.2 Å². The van der Waals surface area contributed by atoms with E-state index in [4.69, 9.17) is 4.74 Å². The highest BCUT2D eigenvalue weighted by molar-refractivity contribution is 7.20. The molecule has 0 saturated heterocycles. The van der Waals surface area contributed by atoms with Gasteiger partial charge in [0, 0.05) is 4.70 Å². The van der Waals surface area contributed by atoms with Crippen LogP contribution in [0.2, 0.25) is 0 Å². The van der Waals surface area contributed by atoms with Gasteiger partial charge in [0.2, 0.25) is 0 Å². The predicted molar refractivity (Wildman–Crippen MR) is 98.2 cm³/mol. The lowest BCUT2D eigenvalue weighted by molar-refractivity contribution is -0.119. The lowest BCUT2D eigenvalue weighted by atomic mass is 10.2. The Morgan fingerprint density at radius 3 is 2.84 bits per heavy atom. The van der Waals surface area contributed by atoms with Gasteiger partial charge in [0.05, 0.1) is 17.4 Å². The smallest absolute Gasteiger partial charge is 0.348 e. The van der Waals surface area contributed by atoms with Crippen LogP contribution in [0.5, 0.6) is 0 Å². The molecule has 4 aromatic rings. The summed E-state index contributed by atoms with van der Waals surface area (Å²) >= 11 is 2.42. The monoisotopic (exact) mass is 369 g/mol. The average Bonchev–Trinajstić information content (AvgIpc) is 3.26. The minimum Gasteiger partial charge on any atom is -0.451 e. The van der Waals surface area contributed by atoms with Gasteiger partial charge in [-0.2, -0.15) is 8.75 Å². The first-order chi connectivity index (χ1) is 12.2. The molecule has 0 aliphatic carbocycles. The molecule has 8 heteroatoms. The van der Waals surface area contributed by atoms with Crippen LogP contribution in [0.1, 0.15) is 9.67 Å². The van der Waals surface area contributed by atoms with Crippen LogP contribution in [0.3, 0.4) is 0 Å². The molecule has 0 saturated carbocycles. The van der Waals surface area contributed by atoms with E-state index in [2.05, 4.69) is 14.1 Å². The van der Waals surface area contributed by atoms with Crippen molar-refractivity contribution in [1.82, 2.24) is 8.75 Å². The molecule has 0 atom stereocenters. The lowest BCUT2D eigenvalue weighted by Crippen LogP contribution is -2.20. The molecule has 6 nitrogen and oxygen atoms in total. The number of fused-ring (bicyclic) bond motifs is 2. The number of thiophene rings is 1. The number of amides is 1. The number of hydrogen-bond acceptors (Lipinski definition) is 7. The Morgan fingerprint density at radius 2 is 1.96 bits per heavy atom. The maximum atomic E-state index is 12.1. The van der Waals surface area contributed by atoms with Gasteiger partial charge in [-0.3, -0.25) is 4.79 Å². The maximum absolute atomic E-state index is 12.1. The highest BCUT2D eigenvalue weighted by Gasteiger charge is 2.14. The molecule has 124 valence electrons. The third kappa shape index (κ3) is 3.21. The number of ether oxygens (including phenoxy) is 1. The van der Waals surface area contributed by atoms with E-state index in [-0.39, 0.29) is 6.61 Å². The fraction of sp³-hybridized carbons (Fsp3) is 0.0588. The average molecular weight is 369 g/mol. The number of benzene rings is 2. The van der Waals surface area contributed by atoms with Crippen molar-refractivity contribution in [1.29, 1.82) is 0 Å². The van der Waals surface area contributed by atoms with Crippen molar-refractivity contribution in [3.05, 3.63) is 53.4 Å². The zero-order valence-electron chi connectivity index (χ0n) is 12.8. The molecule has 0 aliphatic heterocycles. The molecule has 0 fully saturated rings. The number of nitrogens with one attached hydrogen (secondary N) is 1. The summed E-state index contributed by atoms with van der Waals surface area (Å²) in [7, 11) is 0. The van der Waals surface area contributed by atoms with Crippen LogP contribution < -0.4 is 5.32 Å². The molecule has 0 radical (unpaired) electrons. The van der Waals surface area contributed by atoms with E-state index in [0.29, 0.717) is 21.6 Å². The van der Waals surface area contributed by atoms with Crippen molar-refractivity contribution < 1.29 is 14.3 Å². The Bertz CT molecular complexity index is 1050. The van der Waals surface area contributed by atoms with Crippen LogP contribution in [-0.2, 0) is 9.53 Å². The fourth-order valence-electron chi connectivity index (χ4n) is 2.38. The van der Waals surface area contributed by atoms with Gasteiger partial charge in [-0.1, -0.05) is 24.3 Å². The Balaban J connectivity index is 1.41. The maximum Gasteiger partial charge on any atom is 0.348 e. The molecule has 1 N–H and O–H groups in total. The lowest BCUT2D eigenvalue weighted by Gasteiger charge is -2.06. The zero-order valence-corrected chi connectivity index (χ0v) is 14.4. The third-order valence-corrected chi connectivity index (χ3v) is 5.16. The van der Waals surface area contributed by atoms with Gasteiger partial charge >= 0.3 is 5.97 Å². The molecule has 1 amide bonds. The van der Waals surface area contributed by atoms with E-state index in [1.807, 2.05) is 30.3 Å². The van der Waals surface area contributed by atoms with Gasteiger partial charge < -0.3 is 10.1 Å². The molecule has 4 rings (SSSR count). The van der Waals surface area contributed by atoms with E-state index in [1.165, 1.54) is 11.3 Å². The van der Waals surface area contributed by atoms with Crippen LogP contribution in [0.15, 0.2) is 48.5 Å². The molecule has 25 heavy (non-hydrogen) atoms. The molecular formula is C17H11N3O3S2. The Morgan fingerprint density at radius 1 is 1.08 bits per heavy atom. The third-order valence-electron chi connectivity index (χ3n) is 3.52. The second-order valence-corrected chi connectivity index (χ2v) is 6.82. The SMILES string of the molecule is O=C(COC(=O)c1cc2ccccc2s1)Nc1cccc2nsnc12. The number of carbonyl (C=O) groups is 2. The molecule has 0 aliphatic rings. The number of aromatic nitrogens is 2. The number of rotatable bonds is 4. The summed E-state index contributed by atoms with van der Waals surface area (Å²) in [6, 6.07) is 14.8. The molecule has 0 spiro atoms. The first-order valence-corrected chi connectivity index (χ1v) is 8.92. The summed E-state index contributed by atoms with van der Waals surface area (Å²) in [5.41, 5.74) is 1.89. The van der Waals surface area contributed by atoms with E-state index >= 15 is 0 Å². The standard InChI is InChI=1S/C17H11N3O3S2/c21-15(18-11-5-3-6-12-16(11)20-25-19-12)9-23-17(22)14-8-10-4-1-2-7-13(10)24-14/h1-8H,9H2,(H,18,21). The first-order valence-electron chi connectivity index (χ1n) is 7.37. The molecule has 0 unspecified atom stereocenters. The van der Waals surface area contributed by atoms with Gasteiger partial charge in [0.25, 0.3) is 5.91 Å². The Labute approximate surface area is 150 Å². The highest BCUT2D eigenvalue weighted by atomic mass is 32.1. The van der Waals surface area contributed by atoms with Gasteiger partial charge in [-0.25, -0.2) is 4.79 Å². The summed E-state index contributed by atoms with van der Waals surface area (Å²) in [6.45, 7) is -0.360. The first kappa shape index (κ1) is 15.7. The van der Waals surface area contributed by atoms with Gasteiger partial charge in [0.1, 0.15) is 15.9 Å². The summed E-state index contributed by atoms with van der Waals surface area (Å²) in [6.07, 6.45) is 0. The molecule has 0 bridgehead atoms. The number of anilines is 1. The van der Waals surface area contributed by atoms with E-state index in [0.717, 1.165) is 21.8 Å². The summed E-state index contributed by atoms with van der Waals surface area (Å²) in [5.74, 6) is -0.931. The summed E-state index contributed by atoms with van der Waals surface area (Å²) < 4.78 is 14.4. The predicted octanol–water partition coefficient (Wildman–Crippen LogP) is 3.70. The van der Waals surface area contributed by atoms with Gasteiger partial charge in [-0.05, 0) is 29.7 Å². The van der Waals surface area contributed by atoms with Crippen molar-refractivity contribution in [3.8, 4) is 0 Å². The van der Waals surface area contributed by atoms with E-state index < -0.39 is 11.9 Å². The number of esters is 1. The van der Waals surface area contributed by atoms with Gasteiger partial charge in [-0.15, -0.1) is 11.3 Å². The second kappa shape index (κ2) is 6.58. The molecular weight excluding hydrogens is 358 g/mol. The van der Waals surface area contributed by atoms with Crippen LogP contribution in [-0.4, -0.2) is 27.2 Å². The Hall–Kier alpha value is -2.84. The zero-order chi connectivity index (χ0) is 17.2.